The van der Waals surface area contributed by atoms with E-state index < -0.39 is 17.9 Å². The molecule has 0 fully saturated rings. The summed E-state index contributed by atoms with van der Waals surface area (Å²) >= 11 is 16.9. The van der Waals surface area contributed by atoms with E-state index in [1.54, 1.807) is 43.5 Å². The largest absolute Gasteiger partial charge is 0.490 e. The number of hydrazine groups is 1. The Balaban J connectivity index is 1.85. The molecule has 1 unspecified atom stereocenters. The van der Waals surface area contributed by atoms with Gasteiger partial charge in [-0.1, -0.05) is 35.3 Å². The third-order valence-corrected chi connectivity index (χ3v) is 4.50. The van der Waals surface area contributed by atoms with Crippen molar-refractivity contribution in [1.29, 1.82) is 0 Å². The number of methoxy groups -OCH3 is 1. The summed E-state index contributed by atoms with van der Waals surface area (Å²) in [6, 6.07) is 11.3. The molecule has 2 aromatic rings. The minimum atomic E-state index is -0.903. The molecule has 0 aromatic heterocycles. The standard InChI is InChI=1S/C20H21Cl2N3O5S/c1-12(30-17-8-7-13(21)11-15(17)22)18(26)24-25-20(31)23-19(27)14-5-3-4-6-16(14)29-10-9-28-2/h3-8,11-12H,9-10H2,1-2H3,(H,24,26)(H2,23,25,27,31). The van der Waals surface area contributed by atoms with Gasteiger partial charge in [0.2, 0.25) is 0 Å². The average Bonchev–Trinajstić information content (AvgIpc) is 2.74. The third kappa shape index (κ3) is 7.87. The lowest BCUT2D eigenvalue weighted by molar-refractivity contribution is -0.127. The lowest BCUT2D eigenvalue weighted by atomic mass is 10.2. The Morgan fingerprint density at radius 2 is 1.81 bits per heavy atom. The topological polar surface area (TPSA) is 97.9 Å². The minimum absolute atomic E-state index is 0.109. The van der Waals surface area contributed by atoms with Crippen molar-refractivity contribution in [2.24, 2.45) is 0 Å². The fraction of sp³-hybridized carbons (Fsp3) is 0.250. The summed E-state index contributed by atoms with van der Waals surface area (Å²) in [5, 5.41) is 3.08. The highest BCUT2D eigenvalue weighted by Crippen LogP contribution is 2.28. The summed E-state index contributed by atoms with van der Waals surface area (Å²) in [5.74, 6) is -0.358. The van der Waals surface area contributed by atoms with Crippen LogP contribution in [-0.4, -0.2) is 43.4 Å². The Kier molecular flexibility index (Phi) is 9.80. The summed E-state index contributed by atoms with van der Waals surface area (Å²) in [7, 11) is 1.55. The molecule has 2 aromatic carbocycles. The molecule has 0 aliphatic carbocycles. The van der Waals surface area contributed by atoms with Gasteiger partial charge in [-0.05, 0) is 49.5 Å². The number of thiocarbonyl (C=S) groups is 1. The Labute approximate surface area is 195 Å². The lowest BCUT2D eigenvalue weighted by Gasteiger charge is -2.17. The van der Waals surface area contributed by atoms with E-state index in [0.29, 0.717) is 23.1 Å². The van der Waals surface area contributed by atoms with Crippen LogP contribution in [0.3, 0.4) is 0 Å². The number of hydrogen-bond donors (Lipinski definition) is 3. The molecule has 0 bridgehead atoms. The van der Waals surface area contributed by atoms with Crippen LogP contribution in [-0.2, 0) is 9.53 Å². The predicted molar refractivity (Wildman–Crippen MR) is 122 cm³/mol. The van der Waals surface area contributed by atoms with Gasteiger partial charge < -0.3 is 14.2 Å². The van der Waals surface area contributed by atoms with Crippen LogP contribution < -0.4 is 25.6 Å². The quantitative estimate of drug-likeness (QED) is 0.300. The van der Waals surface area contributed by atoms with E-state index in [1.165, 1.54) is 13.0 Å². The summed E-state index contributed by atoms with van der Waals surface area (Å²) in [6.07, 6.45) is -0.903. The number of rotatable bonds is 8. The molecule has 0 saturated heterocycles. The van der Waals surface area contributed by atoms with Gasteiger partial charge in [0.25, 0.3) is 11.8 Å². The summed E-state index contributed by atoms with van der Waals surface area (Å²) < 4.78 is 16.0. The lowest BCUT2D eigenvalue weighted by Crippen LogP contribution is -2.51. The molecule has 1 atom stereocenters. The third-order valence-electron chi connectivity index (χ3n) is 3.77. The number of ether oxygens (including phenoxy) is 3. The van der Waals surface area contributed by atoms with Crippen molar-refractivity contribution in [3.05, 3.63) is 58.1 Å². The molecule has 0 aliphatic rings. The Morgan fingerprint density at radius 3 is 2.52 bits per heavy atom. The van der Waals surface area contributed by atoms with Crippen LogP contribution in [0.15, 0.2) is 42.5 Å². The van der Waals surface area contributed by atoms with Gasteiger partial charge in [0.1, 0.15) is 18.1 Å². The van der Waals surface area contributed by atoms with Gasteiger partial charge in [-0.25, -0.2) is 0 Å². The zero-order chi connectivity index (χ0) is 22.8. The smallest absolute Gasteiger partial charge is 0.279 e. The number of halogens is 2. The SMILES string of the molecule is COCCOc1ccccc1C(=O)NC(=S)NNC(=O)C(C)Oc1ccc(Cl)cc1Cl. The molecule has 0 aliphatic heterocycles. The number of benzene rings is 2. The molecule has 31 heavy (non-hydrogen) atoms. The van der Waals surface area contributed by atoms with Gasteiger partial charge in [0.05, 0.1) is 17.2 Å². The maximum Gasteiger partial charge on any atom is 0.279 e. The molecule has 0 spiro atoms. The molecular weight excluding hydrogens is 465 g/mol. The number of carbonyl (C=O) groups excluding carboxylic acids is 2. The highest BCUT2D eigenvalue weighted by Gasteiger charge is 2.18. The van der Waals surface area contributed by atoms with E-state index in [1.807, 2.05) is 0 Å². The van der Waals surface area contributed by atoms with Crippen LogP contribution in [0.1, 0.15) is 17.3 Å². The van der Waals surface area contributed by atoms with Crippen LogP contribution in [0.2, 0.25) is 10.0 Å². The molecule has 2 amide bonds. The van der Waals surface area contributed by atoms with E-state index in [4.69, 9.17) is 49.6 Å². The Hall–Kier alpha value is -2.59. The Morgan fingerprint density at radius 1 is 1.06 bits per heavy atom. The normalized spacial score (nSPS) is 11.2. The molecule has 166 valence electrons. The van der Waals surface area contributed by atoms with Crippen LogP contribution in [0.4, 0.5) is 0 Å². The summed E-state index contributed by atoms with van der Waals surface area (Å²) in [6.45, 7) is 2.19. The van der Waals surface area contributed by atoms with E-state index in [2.05, 4.69) is 16.2 Å². The zero-order valence-electron chi connectivity index (χ0n) is 16.7. The van der Waals surface area contributed by atoms with Gasteiger partial charge >= 0.3 is 0 Å². The molecule has 3 N–H and O–H groups in total. The number of para-hydroxylation sites is 1. The second-order valence-corrected chi connectivity index (χ2v) is 7.32. The highest BCUT2D eigenvalue weighted by molar-refractivity contribution is 7.80. The van der Waals surface area contributed by atoms with Crippen molar-refractivity contribution < 1.29 is 23.8 Å². The van der Waals surface area contributed by atoms with Gasteiger partial charge in [-0.15, -0.1) is 0 Å². The monoisotopic (exact) mass is 485 g/mol. The van der Waals surface area contributed by atoms with Crippen LogP contribution in [0.25, 0.3) is 0 Å². The molecular formula is C20H21Cl2N3O5S. The van der Waals surface area contributed by atoms with E-state index in [-0.39, 0.29) is 22.3 Å². The van der Waals surface area contributed by atoms with Gasteiger partial charge in [0.15, 0.2) is 11.2 Å². The molecule has 8 nitrogen and oxygen atoms in total. The minimum Gasteiger partial charge on any atom is -0.490 e. The summed E-state index contributed by atoms with van der Waals surface area (Å²) in [5.41, 5.74) is 5.09. The second kappa shape index (κ2) is 12.3. The van der Waals surface area contributed by atoms with E-state index >= 15 is 0 Å². The average molecular weight is 486 g/mol. The van der Waals surface area contributed by atoms with Crippen molar-refractivity contribution in [1.82, 2.24) is 16.2 Å². The zero-order valence-corrected chi connectivity index (χ0v) is 19.1. The first-order chi connectivity index (χ1) is 14.8. The van der Waals surface area contributed by atoms with Crippen molar-refractivity contribution >= 4 is 52.3 Å². The van der Waals surface area contributed by atoms with Crippen molar-refractivity contribution in [3.63, 3.8) is 0 Å². The molecule has 11 heteroatoms. The van der Waals surface area contributed by atoms with E-state index in [0.717, 1.165) is 0 Å². The molecule has 0 radical (unpaired) electrons. The molecule has 0 heterocycles. The second-order valence-electron chi connectivity index (χ2n) is 6.07. The first kappa shape index (κ1) is 24.7. The fourth-order valence-corrected chi connectivity index (χ4v) is 2.85. The number of hydrogen-bond acceptors (Lipinski definition) is 6. The van der Waals surface area contributed by atoms with Crippen LogP contribution in [0, 0.1) is 0 Å². The van der Waals surface area contributed by atoms with Gasteiger partial charge in [-0.2, -0.15) is 0 Å². The van der Waals surface area contributed by atoms with Crippen molar-refractivity contribution in [3.8, 4) is 11.5 Å². The predicted octanol–water partition coefficient (Wildman–Crippen LogP) is 3.12. The summed E-state index contributed by atoms with van der Waals surface area (Å²) in [4.78, 5) is 24.7. The first-order valence-corrected chi connectivity index (χ1v) is 10.2. The first-order valence-electron chi connectivity index (χ1n) is 9.05. The van der Waals surface area contributed by atoms with Gasteiger partial charge in [-0.3, -0.25) is 25.8 Å². The van der Waals surface area contributed by atoms with Crippen LogP contribution >= 0.6 is 35.4 Å². The molecule has 2 rings (SSSR count). The number of nitrogens with one attached hydrogen (secondary N) is 3. The fourth-order valence-electron chi connectivity index (χ4n) is 2.25. The van der Waals surface area contributed by atoms with Crippen molar-refractivity contribution in [2.75, 3.05) is 20.3 Å². The Bertz CT molecular complexity index is 945. The number of carbonyl (C=O) groups is 2. The molecule has 0 saturated carbocycles. The van der Waals surface area contributed by atoms with Gasteiger partial charge in [0, 0.05) is 12.1 Å². The number of amides is 2. The van der Waals surface area contributed by atoms with Crippen molar-refractivity contribution in [2.45, 2.75) is 13.0 Å². The maximum absolute atomic E-state index is 12.5. The maximum atomic E-state index is 12.5. The highest BCUT2D eigenvalue weighted by atomic mass is 35.5. The van der Waals surface area contributed by atoms with Crippen LogP contribution in [0.5, 0.6) is 11.5 Å². The van der Waals surface area contributed by atoms with E-state index in [9.17, 15) is 9.59 Å².